The smallest absolute Gasteiger partial charge is 0.405 e. The van der Waals surface area contributed by atoms with Crippen molar-refractivity contribution < 1.29 is 38.1 Å². The van der Waals surface area contributed by atoms with Crippen LogP contribution in [0.25, 0.3) is 11.1 Å². The summed E-state index contributed by atoms with van der Waals surface area (Å²) in [5, 5.41) is 16.1. The molecule has 6 atom stereocenters. The van der Waals surface area contributed by atoms with E-state index in [-0.39, 0.29) is 42.9 Å². The zero-order valence-corrected chi connectivity index (χ0v) is 35.4. The maximum atomic E-state index is 13.7. The molecule has 3 aromatic rings. The van der Waals surface area contributed by atoms with E-state index in [1.807, 2.05) is 19.1 Å². The molecule has 2 heterocycles. The Morgan fingerprint density at radius 2 is 1.61 bits per heavy atom. The lowest BCUT2D eigenvalue weighted by Gasteiger charge is -2.60. The average molecular weight is 833 g/mol. The number of rotatable bonds is 11. The number of nitrogens with one attached hydrogen (secondary N) is 6. The van der Waals surface area contributed by atoms with Crippen LogP contribution in [0.1, 0.15) is 91.5 Å². The predicted octanol–water partition coefficient (Wildman–Crippen LogP) is 3.25. The van der Waals surface area contributed by atoms with Crippen molar-refractivity contribution in [2.45, 2.75) is 96.9 Å². The zero-order valence-electron chi connectivity index (χ0n) is 35.4. The van der Waals surface area contributed by atoms with Gasteiger partial charge in [-0.1, -0.05) is 81.8 Å². The number of hydrogen-bond acceptors (Lipinski definition) is 8. The van der Waals surface area contributed by atoms with E-state index in [0.717, 1.165) is 54.4 Å². The molecule has 14 nitrogen and oxygen atoms in total. The molecule has 4 fully saturated rings. The highest BCUT2D eigenvalue weighted by Gasteiger charge is 2.61. The van der Waals surface area contributed by atoms with Gasteiger partial charge in [0, 0.05) is 18.5 Å². The first-order chi connectivity index (χ1) is 29.3. The summed E-state index contributed by atoms with van der Waals surface area (Å²) >= 11 is 0. The van der Waals surface area contributed by atoms with E-state index < -0.39 is 61.8 Å². The van der Waals surface area contributed by atoms with Crippen LogP contribution in [0.2, 0.25) is 0 Å². The van der Waals surface area contributed by atoms with Gasteiger partial charge in [0.25, 0.3) is 5.91 Å². The van der Waals surface area contributed by atoms with E-state index in [9.17, 15) is 28.8 Å². The third-order valence-electron chi connectivity index (χ3n) is 13.0. The number of unbranched alkanes of at least 4 members (excludes halogenated alkanes) is 1. The van der Waals surface area contributed by atoms with Gasteiger partial charge < -0.3 is 41.2 Å². The lowest BCUT2D eigenvalue weighted by Crippen LogP contribution is -2.59. The lowest BCUT2D eigenvalue weighted by atomic mass is 9.47. The summed E-state index contributed by atoms with van der Waals surface area (Å²) in [6.45, 7) is 7.46. The Bertz CT molecular complexity index is 2130. The molecule has 6 N–H and O–H groups in total. The van der Waals surface area contributed by atoms with Gasteiger partial charge >= 0.3 is 7.12 Å². The van der Waals surface area contributed by atoms with E-state index in [4.69, 9.17) is 9.31 Å². The van der Waals surface area contributed by atoms with E-state index in [0.29, 0.717) is 29.4 Å². The summed E-state index contributed by atoms with van der Waals surface area (Å²) < 4.78 is 12.4. The Hall–Kier alpha value is -5.54. The topological polar surface area (TPSA) is 193 Å². The molecule has 6 unspecified atom stereocenters. The molecule has 8 rings (SSSR count). The molecule has 5 aliphatic rings. The van der Waals surface area contributed by atoms with Gasteiger partial charge in [0.1, 0.15) is 12.1 Å². The molecule has 0 radical (unpaired) electrons. The SMILES string of the molecule is CCCCc1ccc(-c2ccc(C(=O)NCC(=O)NC3C(=O)NCC(=O)NC(C(=O)NCB4OC5CC6CC(C5O4)C6(C)C)CNC(=O)CCc4cc3ccc4C)cc2)cc1. The number of carbonyl (C=O) groups is 6. The van der Waals surface area contributed by atoms with Crippen molar-refractivity contribution >= 4 is 42.6 Å². The zero-order chi connectivity index (χ0) is 43.3. The van der Waals surface area contributed by atoms with Gasteiger partial charge in [0.05, 0.1) is 31.7 Å². The molecule has 1 saturated heterocycles. The van der Waals surface area contributed by atoms with E-state index in [2.05, 4.69) is 76.9 Å². The lowest BCUT2D eigenvalue weighted by molar-refractivity contribution is -0.150. The second kappa shape index (κ2) is 19.0. The van der Waals surface area contributed by atoms with Gasteiger partial charge in [-0.2, -0.15) is 0 Å². The maximum Gasteiger partial charge on any atom is 0.478 e. The third kappa shape index (κ3) is 10.3. The van der Waals surface area contributed by atoms with Crippen molar-refractivity contribution in [3.05, 3.63) is 94.5 Å². The fourth-order valence-electron chi connectivity index (χ4n) is 9.06. The number of hydrogen-bond donors (Lipinski definition) is 6. The first kappa shape index (κ1) is 43.6. The molecule has 61 heavy (non-hydrogen) atoms. The first-order valence-corrected chi connectivity index (χ1v) is 21.6. The molecule has 3 saturated carbocycles. The van der Waals surface area contributed by atoms with Crippen LogP contribution >= 0.6 is 0 Å². The van der Waals surface area contributed by atoms with Crippen LogP contribution in [0, 0.1) is 24.2 Å². The summed E-state index contributed by atoms with van der Waals surface area (Å²) in [5.41, 5.74) is 5.92. The van der Waals surface area contributed by atoms with Crippen molar-refractivity contribution in [3.63, 3.8) is 0 Å². The van der Waals surface area contributed by atoms with Crippen LogP contribution in [0.3, 0.4) is 0 Å². The van der Waals surface area contributed by atoms with Gasteiger partial charge in [-0.15, -0.1) is 0 Å². The molecule has 6 amide bonds. The Labute approximate surface area is 357 Å². The summed E-state index contributed by atoms with van der Waals surface area (Å²) in [4.78, 5) is 79.8. The molecule has 3 aliphatic carbocycles. The number of carbonyl (C=O) groups excluding carboxylic acids is 6. The van der Waals surface area contributed by atoms with Crippen LogP contribution in [-0.2, 0) is 46.1 Å². The van der Waals surface area contributed by atoms with E-state index in [1.165, 1.54) is 5.56 Å². The first-order valence-electron chi connectivity index (χ1n) is 21.6. The summed E-state index contributed by atoms with van der Waals surface area (Å²) in [5.74, 6) is -2.34. The molecule has 15 heteroatoms. The molecule has 0 spiro atoms. The third-order valence-corrected chi connectivity index (χ3v) is 13.0. The van der Waals surface area contributed by atoms with E-state index in [1.54, 1.807) is 30.3 Å². The van der Waals surface area contributed by atoms with Gasteiger partial charge in [-0.3, -0.25) is 28.8 Å². The highest BCUT2D eigenvalue weighted by Crippen LogP contribution is 2.61. The number of benzene rings is 3. The minimum Gasteiger partial charge on any atom is -0.405 e. The monoisotopic (exact) mass is 832 g/mol. The normalized spacial score (nSPS) is 24.7. The number of amides is 6. The average Bonchev–Trinajstić information content (AvgIpc) is 3.69. The Morgan fingerprint density at radius 1 is 0.869 bits per heavy atom. The Morgan fingerprint density at radius 3 is 2.33 bits per heavy atom. The van der Waals surface area contributed by atoms with Crippen LogP contribution < -0.4 is 31.9 Å². The van der Waals surface area contributed by atoms with Gasteiger partial charge in [-0.25, -0.2) is 0 Å². The standard InChI is InChI=1S/C46H57BN6O8/c1-5-6-7-28-9-12-29(13-10-28)30-14-16-31(17-15-30)43(57)49-25-40(56)53-41-33-11-8-27(2)32(20-33)18-19-38(54)48-23-36(52-39(55)24-50-45(41)59)44(58)51-26-47-60-37-22-34-21-35(42(37)61-47)46(34,3)4/h8-17,20,34-37,41-42H,5-7,18-19,21-26H2,1-4H3,(H,48,54)(H,49,57)(H,50,59)(H,51,58)(H,52,55)(H,53,56). The Kier molecular flexibility index (Phi) is 13.6. The van der Waals surface area contributed by atoms with Crippen molar-refractivity contribution in [2.24, 2.45) is 17.3 Å². The molecule has 0 aromatic heterocycles. The molecule has 322 valence electrons. The van der Waals surface area contributed by atoms with Gasteiger partial charge in [-0.05, 0) is 102 Å². The Balaban J connectivity index is 0.954. The highest BCUT2D eigenvalue weighted by atomic mass is 16.7. The van der Waals surface area contributed by atoms with Crippen molar-refractivity contribution in [3.8, 4) is 11.1 Å². The van der Waals surface area contributed by atoms with E-state index >= 15 is 0 Å². The molecular weight excluding hydrogens is 775 g/mol. The molecule has 2 aliphatic heterocycles. The summed E-state index contributed by atoms with van der Waals surface area (Å²) in [6, 6.07) is 18.3. The van der Waals surface area contributed by atoms with Crippen molar-refractivity contribution in [1.29, 1.82) is 0 Å². The molecular formula is C46H57BN6O8. The minimum atomic E-state index is -1.24. The quantitative estimate of drug-likeness (QED) is 0.159. The largest absolute Gasteiger partial charge is 0.478 e. The highest BCUT2D eigenvalue weighted by molar-refractivity contribution is 6.45. The van der Waals surface area contributed by atoms with Crippen LogP contribution in [0.4, 0.5) is 0 Å². The van der Waals surface area contributed by atoms with Gasteiger partial charge in [0.15, 0.2) is 0 Å². The second-order valence-electron chi connectivity index (χ2n) is 17.4. The van der Waals surface area contributed by atoms with Crippen LogP contribution in [-0.4, -0.2) is 86.9 Å². The fourth-order valence-corrected chi connectivity index (χ4v) is 9.06. The fraction of sp³-hybridized carbons (Fsp3) is 0.478. The molecule has 3 aromatic carbocycles. The van der Waals surface area contributed by atoms with Gasteiger partial charge in [0.2, 0.25) is 29.5 Å². The number of aryl methyl sites for hydroxylation is 3. The molecule has 4 bridgehead atoms. The summed E-state index contributed by atoms with van der Waals surface area (Å²) in [7, 11) is -0.630. The minimum absolute atomic E-state index is 0.0107. The van der Waals surface area contributed by atoms with Crippen LogP contribution in [0.15, 0.2) is 66.7 Å². The van der Waals surface area contributed by atoms with Crippen molar-refractivity contribution in [2.75, 3.05) is 26.1 Å². The predicted molar refractivity (Wildman–Crippen MR) is 230 cm³/mol. The summed E-state index contributed by atoms with van der Waals surface area (Å²) in [6.07, 6.45) is 5.76. The van der Waals surface area contributed by atoms with Crippen molar-refractivity contribution in [1.82, 2.24) is 31.9 Å². The second-order valence-corrected chi connectivity index (χ2v) is 17.4. The number of fused-ring (bicyclic) bond motifs is 2. The van der Waals surface area contributed by atoms with Crippen LogP contribution in [0.5, 0.6) is 0 Å². The maximum absolute atomic E-state index is 13.7.